The van der Waals surface area contributed by atoms with Gasteiger partial charge in [0, 0.05) is 12.2 Å². The number of carboxylic acid groups (broad SMARTS) is 1. The van der Waals surface area contributed by atoms with Crippen molar-refractivity contribution in [3.8, 4) is 11.4 Å². The van der Waals surface area contributed by atoms with Crippen LogP contribution in [0.2, 0.25) is 10.0 Å². The zero-order chi connectivity index (χ0) is 26.5. The first-order chi connectivity index (χ1) is 17.7. The molecule has 1 heterocycles. The standard InChI is InChI=1S/C28H28Cl2N4O3/c1-17(2)26-25(34(33-32-26)27-23(29)8-5-9-24(27)30)16-37-22-11-10-19(18(3)14-22)12-13-31-21-7-4-6-20(15-21)28(35)36/h4-11,14-15,17,31H,12-13,16H2,1-3H3,(H,35,36). The Morgan fingerprint density at radius 3 is 2.49 bits per heavy atom. The molecule has 3 aromatic carbocycles. The minimum Gasteiger partial charge on any atom is -0.487 e. The number of carboxylic acids is 1. The first-order valence-corrected chi connectivity index (χ1v) is 12.7. The third-order valence-corrected chi connectivity index (χ3v) is 6.62. The van der Waals surface area contributed by atoms with E-state index in [1.165, 1.54) is 5.56 Å². The zero-order valence-corrected chi connectivity index (χ0v) is 22.3. The Balaban J connectivity index is 1.45. The van der Waals surface area contributed by atoms with Crippen molar-refractivity contribution in [3.63, 3.8) is 0 Å². The molecule has 0 saturated carbocycles. The van der Waals surface area contributed by atoms with Gasteiger partial charge in [-0.25, -0.2) is 9.48 Å². The number of nitrogens with zero attached hydrogens (tertiary/aromatic N) is 3. The fraction of sp³-hybridized carbons (Fsp3) is 0.250. The van der Waals surface area contributed by atoms with Gasteiger partial charge in [0.1, 0.15) is 23.7 Å². The number of aromatic carboxylic acids is 1. The van der Waals surface area contributed by atoms with Crippen molar-refractivity contribution in [2.75, 3.05) is 11.9 Å². The van der Waals surface area contributed by atoms with Crippen molar-refractivity contribution >= 4 is 34.9 Å². The van der Waals surface area contributed by atoms with E-state index < -0.39 is 5.97 Å². The van der Waals surface area contributed by atoms with E-state index in [1.807, 2.05) is 31.2 Å². The lowest BCUT2D eigenvalue weighted by atomic mass is 10.1. The Hall–Kier alpha value is -3.55. The summed E-state index contributed by atoms with van der Waals surface area (Å²) in [4.78, 5) is 11.2. The van der Waals surface area contributed by atoms with Gasteiger partial charge in [0.05, 0.1) is 21.3 Å². The molecule has 0 atom stereocenters. The first kappa shape index (κ1) is 26.5. The Bertz CT molecular complexity index is 1400. The number of halogens is 2. The number of hydrogen-bond acceptors (Lipinski definition) is 5. The number of benzene rings is 3. The first-order valence-electron chi connectivity index (χ1n) is 11.9. The Kier molecular flexibility index (Phi) is 8.36. The molecule has 0 aliphatic carbocycles. The normalized spacial score (nSPS) is 11.1. The fourth-order valence-electron chi connectivity index (χ4n) is 4.06. The van der Waals surface area contributed by atoms with Gasteiger partial charge in [-0.1, -0.05) is 60.5 Å². The van der Waals surface area contributed by atoms with Crippen molar-refractivity contribution in [1.29, 1.82) is 0 Å². The summed E-state index contributed by atoms with van der Waals surface area (Å²) in [6, 6.07) is 18.1. The van der Waals surface area contributed by atoms with E-state index in [4.69, 9.17) is 33.0 Å². The van der Waals surface area contributed by atoms with Crippen LogP contribution in [0, 0.1) is 6.92 Å². The molecule has 0 unspecified atom stereocenters. The number of para-hydroxylation sites is 1. The monoisotopic (exact) mass is 538 g/mol. The van der Waals surface area contributed by atoms with Crippen molar-refractivity contribution < 1.29 is 14.6 Å². The smallest absolute Gasteiger partial charge is 0.335 e. The van der Waals surface area contributed by atoms with Gasteiger partial charge < -0.3 is 15.2 Å². The average Bonchev–Trinajstić information content (AvgIpc) is 3.28. The molecule has 9 heteroatoms. The molecule has 0 amide bonds. The summed E-state index contributed by atoms with van der Waals surface area (Å²) in [5, 5.41) is 22.1. The second-order valence-corrected chi connectivity index (χ2v) is 9.81. The summed E-state index contributed by atoms with van der Waals surface area (Å²) in [7, 11) is 0. The molecular weight excluding hydrogens is 511 g/mol. The fourth-order valence-corrected chi connectivity index (χ4v) is 4.62. The molecule has 2 N–H and O–H groups in total. The Labute approximate surface area is 226 Å². The van der Waals surface area contributed by atoms with Crippen LogP contribution in [-0.2, 0) is 13.0 Å². The number of ether oxygens (including phenoxy) is 1. The zero-order valence-electron chi connectivity index (χ0n) is 20.8. The van der Waals surface area contributed by atoms with Crippen LogP contribution in [0.15, 0.2) is 60.7 Å². The van der Waals surface area contributed by atoms with E-state index in [9.17, 15) is 4.79 Å². The number of aryl methyl sites for hydroxylation is 1. The van der Waals surface area contributed by atoms with Crippen LogP contribution in [0.25, 0.3) is 5.69 Å². The highest BCUT2D eigenvalue weighted by Gasteiger charge is 2.21. The van der Waals surface area contributed by atoms with E-state index in [0.717, 1.165) is 34.8 Å². The molecule has 0 fully saturated rings. The van der Waals surface area contributed by atoms with Crippen LogP contribution in [0.3, 0.4) is 0 Å². The maximum absolute atomic E-state index is 11.2. The van der Waals surface area contributed by atoms with E-state index in [1.54, 1.807) is 41.1 Å². The molecular formula is C28H28Cl2N4O3. The van der Waals surface area contributed by atoms with E-state index in [2.05, 4.69) is 29.5 Å². The van der Waals surface area contributed by atoms with Crippen LogP contribution < -0.4 is 10.1 Å². The summed E-state index contributed by atoms with van der Waals surface area (Å²) < 4.78 is 7.83. The molecule has 0 radical (unpaired) electrons. The summed E-state index contributed by atoms with van der Waals surface area (Å²) in [5.74, 6) is -0.0677. The van der Waals surface area contributed by atoms with Crippen LogP contribution in [0.4, 0.5) is 5.69 Å². The van der Waals surface area contributed by atoms with Gasteiger partial charge in [0.25, 0.3) is 0 Å². The second kappa shape index (κ2) is 11.7. The minimum atomic E-state index is -0.940. The van der Waals surface area contributed by atoms with Crippen LogP contribution in [0.1, 0.15) is 52.6 Å². The average molecular weight is 539 g/mol. The highest BCUT2D eigenvalue weighted by Crippen LogP contribution is 2.31. The number of nitrogens with one attached hydrogen (secondary N) is 1. The van der Waals surface area contributed by atoms with Crippen LogP contribution in [-0.4, -0.2) is 32.6 Å². The Morgan fingerprint density at radius 2 is 1.81 bits per heavy atom. The molecule has 4 rings (SSSR count). The number of hydrogen-bond donors (Lipinski definition) is 2. The van der Waals surface area contributed by atoms with Gasteiger partial charge >= 0.3 is 5.97 Å². The summed E-state index contributed by atoms with van der Waals surface area (Å²) in [6.07, 6.45) is 0.780. The predicted octanol–water partition coefficient (Wildman–Crippen LogP) is 6.94. The molecule has 0 spiro atoms. The van der Waals surface area contributed by atoms with Gasteiger partial charge in [-0.15, -0.1) is 5.10 Å². The van der Waals surface area contributed by atoms with Crippen molar-refractivity contribution in [3.05, 3.63) is 98.8 Å². The molecule has 0 aliphatic heterocycles. The highest BCUT2D eigenvalue weighted by atomic mass is 35.5. The van der Waals surface area contributed by atoms with Gasteiger partial charge in [0.2, 0.25) is 0 Å². The number of anilines is 1. The topological polar surface area (TPSA) is 89.3 Å². The molecule has 4 aromatic rings. The van der Waals surface area contributed by atoms with Crippen LogP contribution >= 0.6 is 23.2 Å². The number of rotatable bonds is 10. The Morgan fingerprint density at radius 1 is 1.08 bits per heavy atom. The van der Waals surface area contributed by atoms with E-state index >= 15 is 0 Å². The third kappa shape index (κ3) is 6.24. The molecule has 0 aliphatic rings. The maximum Gasteiger partial charge on any atom is 0.335 e. The largest absolute Gasteiger partial charge is 0.487 e. The van der Waals surface area contributed by atoms with Gasteiger partial charge in [-0.2, -0.15) is 0 Å². The van der Waals surface area contributed by atoms with Crippen LogP contribution in [0.5, 0.6) is 5.75 Å². The molecule has 1 aromatic heterocycles. The quantitative estimate of drug-likeness (QED) is 0.227. The lowest BCUT2D eigenvalue weighted by molar-refractivity contribution is 0.0697. The number of carbonyl (C=O) groups is 1. The lowest BCUT2D eigenvalue weighted by Crippen LogP contribution is -2.10. The van der Waals surface area contributed by atoms with Gasteiger partial charge in [-0.3, -0.25) is 0 Å². The van der Waals surface area contributed by atoms with E-state index in [-0.39, 0.29) is 18.1 Å². The highest BCUT2D eigenvalue weighted by molar-refractivity contribution is 6.37. The van der Waals surface area contributed by atoms with Crippen molar-refractivity contribution in [2.24, 2.45) is 0 Å². The maximum atomic E-state index is 11.2. The molecule has 7 nitrogen and oxygen atoms in total. The van der Waals surface area contributed by atoms with Gasteiger partial charge in [-0.05, 0) is 72.9 Å². The minimum absolute atomic E-state index is 0.140. The van der Waals surface area contributed by atoms with Crippen molar-refractivity contribution in [1.82, 2.24) is 15.0 Å². The molecule has 0 saturated heterocycles. The molecule has 192 valence electrons. The van der Waals surface area contributed by atoms with Gasteiger partial charge in [0.15, 0.2) is 0 Å². The summed E-state index contributed by atoms with van der Waals surface area (Å²) in [6.45, 7) is 7.07. The number of aromatic nitrogens is 3. The van der Waals surface area contributed by atoms with E-state index in [0.29, 0.717) is 22.3 Å². The lowest BCUT2D eigenvalue weighted by Gasteiger charge is -2.14. The summed E-state index contributed by atoms with van der Waals surface area (Å²) in [5.41, 5.74) is 5.51. The SMILES string of the molecule is Cc1cc(OCc2c(C(C)C)nnn2-c2c(Cl)cccc2Cl)ccc1CCNc1cccc(C(=O)O)c1. The van der Waals surface area contributed by atoms with Crippen molar-refractivity contribution in [2.45, 2.75) is 39.7 Å². The predicted molar refractivity (Wildman–Crippen MR) is 147 cm³/mol. The summed E-state index contributed by atoms with van der Waals surface area (Å²) >= 11 is 12.9. The third-order valence-electron chi connectivity index (χ3n) is 6.01. The molecule has 0 bridgehead atoms. The molecule has 37 heavy (non-hydrogen) atoms. The second-order valence-electron chi connectivity index (χ2n) is 9.00.